The van der Waals surface area contributed by atoms with Gasteiger partial charge in [0.05, 0.1) is 5.69 Å². The zero-order chi connectivity index (χ0) is 30.4. The summed E-state index contributed by atoms with van der Waals surface area (Å²) in [6, 6.07) is 36.2. The van der Waals surface area contributed by atoms with Crippen LogP contribution >= 0.6 is 0 Å². The van der Waals surface area contributed by atoms with Gasteiger partial charge in [-0.15, -0.1) is 35.7 Å². The molecule has 0 radical (unpaired) electrons. The average Bonchev–Trinajstić information content (AvgIpc) is 3.58. The zero-order valence-electron chi connectivity index (χ0n) is 26.1. The van der Waals surface area contributed by atoms with Crippen LogP contribution in [0.3, 0.4) is 0 Å². The van der Waals surface area contributed by atoms with Crippen LogP contribution in [0.25, 0.3) is 44.4 Å². The van der Waals surface area contributed by atoms with E-state index in [9.17, 15) is 0 Å². The first-order valence-corrected chi connectivity index (χ1v) is 15.2. The van der Waals surface area contributed by atoms with Crippen LogP contribution in [-0.4, -0.2) is 19.3 Å². The van der Waals surface area contributed by atoms with Gasteiger partial charge in [-0.3, -0.25) is 4.68 Å². The van der Waals surface area contributed by atoms with Gasteiger partial charge < -0.3 is 9.30 Å². The van der Waals surface area contributed by atoms with E-state index >= 15 is 0 Å². The summed E-state index contributed by atoms with van der Waals surface area (Å²) >= 11 is 0. The number of rotatable bonds is 7. The van der Waals surface area contributed by atoms with E-state index in [4.69, 9.17) is 14.8 Å². The van der Waals surface area contributed by atoms with Crippen molar-refractivity contribution in [2.45, 2.75) is 47.5 Å². The Kier molecular flexibility index (Phi) is 8.47. The number of hydrogen-bond donors (Lipinski definition) is 0. The van der Waals surface area contributed by atoms with Crippen LogP contribution in [0.4, 0.5) is 0 Å². The second-order valence-electron chi connectivity index (χ2n) is 11.3. The SMILES string of the molecule is CCc1nn(-c2[c-]c(Oc3[c-]c4c(cc3)c3ccccc3n4-c3cc(C)ccn3)ccc2)c(CC)c1-c1ccc(C)c(C)c1.[Pd+2]. The molecule has 0 saturated heterocycles. The van der Waals surface area contributed by atoms with Gasteiger partial charge in [0, 0.05) is 34.5 Å². The summed E-state index contributed by atoms with van der Waals surface area (Å²) in [6.07, 6.45) is 3.54. The standard InChI is InChI=1S/C39H34N4O.Pd/c1-6-34-39(28-16-15-26(4)27(5)22-28)35(7-2)43(41-34)29-11-10-12-30(23-29)44-31-17-18-33-32-13-8-9-14-36(32)42(37(33)24-31)38-21-25(3)19-20-40-38;/h8-22H,6-7H2,1-5H3;/q-2;+2. The molecule has 0 atom stereocenters. The van der Waals surface area contributed by atoms with E-state index in [1.54, 1.807) is 0 Å². The number of nitrogens with zero attached hydrogens (tertiary/aromatic N) is 4. The van der Waals surface area contributed by atoms with Crippen molar-refractivity contribution in [2.75, 3.05) is 0 Å². The van der Waals surface area contributed by atoms with E-state index in [2.05, 4.69) is 106 Å². The van der Waals surface area contributed by atoms with Crippen LogP contribution in [0.5, 0.6) is 11.5 Å². The monoisotopic (exact) mass is 680 g/mol. The largest absolute Gasteiger partial charge is 2.00 e. The molecule has 5 nitrogen and oxygen atoms in total. The molecule has 3 aromatic heterocycles. The van der Waals surface area contributed by atoms with Crippen LogP contribution in [0, 0.1) is 32.9 Å². The number of aromatic nitrogens is 4. The normalized spacial score (nSPS) is 11.2. The van der Waals surface area contributed by atoms with Crippen molar-refractivity contribution in [1.82, 2.24) is 19.3 Å². The van der Waals surface area contributed by atoms with Crippen LogP contribution in [0.1, 0.15) is 41.9 Å². The number of fused-ring (bicyclic) bond motifs is 3. The quantitative estimate of drug-likeness (QED) is 0.124. The van der Waals surface area contributed by atoms with E-state index in [1.165, 1.54) is 27.9 Å². The number of pyridine rings is 1. The molecule has 0 aliphatic rings. The fourth-order valence-electron chi connectivity index (χ4n) is 6.06. The minimum absolute atomic E-state index is 0. The van der Waals surface area contributed by atoms with Crippen molar-refractivity contribution in [2.24, 2.45) is 0 Å². The third-order valence-corrected chi connectivity index (χ3v) is 8.41. The number of para-hydroxylation sites is 1. The van der Waals surface area contributed by atoms with Crippen molar-refractivity contribution >= 4 is 21.8 Å². The molecule has 0 aliphatic carbocycles. The molecule has 0 spiro atoms. The van der Waals surface area contributed by atoms with Gasteiger partial charge in [0.1, 0.15) is 5.82 Å². The van der Waals surface area contributed by atoms with Gasteiger partial charge in [-0.2, -0.15) is 17.2 Å². The Morgan fingerprint density at radius 1 is 0.756 bits per heavy atom. The molecule has 0 N–H and O–H groups in total. The van der Waals surface area contributed by atoms with Gasteiger partial charge in [-0.25, -0.2) is 4.98 Å². The predicted octanol–water partition coefficient (Wildman–Crippen LogP) is 9.47. The maximum Gasteiger partial charge on any atom is 2.00 e. The first-order valence-electron chi connectivity index (χ1n) is 15.2. The molecule has 0 saturated carbocycles. The maximum atomic E-state index is 6.42. The van der Waals surface area contributed by atoms with Crippen LogP contribution in [-0.2, 0) is 33.3 Å². The second kappa shape index (κ2) is 12.5. The van der Waals surface area contributed by atoms with Crippen molar-refractivity contribution < 1.29 is 25.2 Å². The molecule has 0 bridgehead atoms. The fourth-order valence-corrected chi connectivity index (χ4v) is 6.06. The summed E-state index contributed by atoms with van der Waals surface area (Å²) < 4.78 is 10.6. The van der Waals surface area contributed by atoms with Gasteiger partial charge in [-0.1, -0.05) is 55.8 Å². The summed E-state index contributed by atoms with van der Waals surface area (Å²) in [5.41, 5.74) is 11.3. The first-order chi connectivity index (χ1) is 21.4. The van der Waals surface area contributed by atoms with E-state index in [-0.39, 0.29) is 20.4 Å². The molecule has 0 amide bonds. The van der Waals surface area contributed by atoms with Crippen LogP contribution < -0.4 is 4.74 Å². The number of aryl methyl sites for hydroxylation is 4. The molecule has 226 valence electrons. The van der Waals surface area contributed by atoms with Crippen molar-refractivity contribution in [1.29, 1.82) is 0 Å². The molecule has 4 aromatic carbocycles. The Hall–Kier alpha value is -4.50. The Morgan fingerprint density at radius 3 is 2.36 bits per heavy atom. The summed E-state index contributed by atoms with van der Waals surface area (Å²) in [5.74, 6) is 2.08. The Morgan fingerprint density at radius 2 is 1.58 bits per heavy atom. The Balaban J connectivity index is 0.00000357. The molecule has 45 heavy (non-hydrogen) atoms. The topological polar surface area (TPSA) is 44.9 Å². The number of ether oxygens (including phenoxy) is 1. The fraction of sp³-hybridized carbons (Fsp3) is 0.179. The number of benzene rings is 4. The molecular formula is C39H34N4OPd. The van der Waals surface area contributed by atoms with Crippen molar-refractivity contribution in [3.05, 3.63) is 131 Å². The van der Waals surface area contributed by atoms with Crippen molar-refractivity contribution in [3.8, 4) is 34.1 Å². The second-order valence-corrected chi connectivity index (χ2v) is 11.3. The Labute approximate surface area is 278 Å². The van der Waals surface area contributed by atoms with Gasteiger partial charge >= 0.3 is 20.4 Å². The third-order valence-electron chi connectivity index (χ3n) is 8.41. The molecule has 3 heterocycles. The number of hydrogen-bond acceptors (Lipinski definition) is 3. The summed E-state index contributed by atoms with van der Waals surface area (Å²) in [7, 11) is 0. The van der Waals surface area contributed by atoms with E-state index in [0.29, 0.717) is 11.5 Å². The molecule has 7 rings (SSSR count). The van der Waals surface area contributed by atoms with Crippen LogP contribution in [0.15, 0.2) is 91.1 Å². The minimum Gasteiger partial charge on any atom is -0.509 e. The third kappa shape index (κ3) is 5.50. The molecule has 7 aromatic rings. The van der Waals surface area contributed by atoms with Gasteiger partial charge in [0.15, 0.2) is 0 Å². The van der Waals surface area contributed by atoms with E-state index in [0.717, 1.165) is 57.4 Å². The minimum atomic E-state index is 0. The molecule has 0 aliphatic heterocycles. The van der Waals surface area contributed by atoms with Gasteiger partial charge in [0.25, 0.3) is 0 Å². The smallest absolute Gasteiger partial charge is 0.509 e. The summed E-state index contributed by atoms with van der Waals surface area (Å²) in [4.78, 5) is 4.69. The van der Waals surface area contributed by atoms with Gasteiger partial charge in [-0.05, 0) is 85.1 Å². The van der Waals surface area contributed by atoms with Crippen LogP contribution in [0.2, 0.25) is 0 Å². The van der Waals surface area contributed by atoms with Gasteiger partial charge in [0.2, 0.25) is 0 Å². The maximum absolute atomic E-state index is 6.42. The molecule has 0 fully saturated rings. The average molecular weight is 681 g/mol. The Bertz CT molecular complexity index is 2170. The van der Waals surface area contributed by atoms with E-state index in [1.807, 2.05) is 41.2 Å². The predicted molar refractivity (Wildman–Crippen MR) is 178 cm³/mol. The zero-order valence-corrected chi connectivity index (χ0v) is 27.6. The molecule has 6 heteroatoms. The molecule has 0 unspecified atom stereocenters. The first kappa shape index (κ1) is 30.5. The summed E-state index contributed by atoms with van der Waals surface area (Å²) in [6.45, 7) is 10.7. The summed E-state index contributed by atoms with van der Waals surface area (Å²) in [5, 5.41) is 7.33. The molecular weight excluding hydrogens is 647 g/mol. The van der Waals surface area contributed by atoms with E-state index < -0.39 is 0 Å². The van der Waals surface area contributed by atoms with Crippen molar-refractivity contribution in [3.63, 3.8) is 0 Å².